The molecule has 0 amide bonds. The minimum Gasteiger partial charge on any atom is -0.493 e. The quantitative estimate of drug-likeness (QED) is 0.671. The summed E-state index contributed by atoms with van der Waals surface area (Å²) in [7, 11) is 0. The summed E-state index contributed by atoms with van der Waals surface area (Å²) in [5.74, 6) is 0.703. The van der Waals surface area contributed by atoms with E-state index in [1.807, 2.05) is 37.3 Å². The van der Waals surface area contributed by atoms with Crippen LogP contribution < -0.4 is 10.4 Å². The molecular formula is C18H15ClO3. The second kappa shape index (κ2) is 6.24. The Hall–Kier alpha value is -2.26. The summed E-state index contributed by atoms with van der Waals surface area (Å²) in [6.45, 7) is 2.42. The molecule has 0 aliphatic rings. The van der Waals surface area contributed by atoms with Gasteiger partial charge < -0.3 is 9.15 Å². The number of hydrogen-bond donors (Lipinski definition) is 0. The van der Waals surface area contributed by atoms with E-state index in [2.05, 4.69) is 12.1 Å². The van der Waals surface area contributed by atoms with Gasteiger partial charge in [-0.3, -0.25) is 0 Å². The Morgan fingerprint density at radius 3 is 2.68 bits per heavy atom. The molecule has 1 aromatic heterocycles. The van der Waals surface area contributed by atoms with Crippen LogP contribution in [0.5, 0.6) is 5.75 Å². The van der Waals surface area contributed by atoms with Crippen molar-refractivity contribution in [2.45, 2.75) is 13.3 Å². The average molecular weight is 315 g/mol. The molecule has 3 rings (SSSR count). The van der Waals surface area contributed by atoms with Gasteiger partial charge in [0.1, 0.15) is 11.3 Å². The Balaban J connectivity index is 1.83. The third-order valence-corrected chi connectivity index (χ3v) is 3.86. The van der Waals surface area contributed by atoms with E-state index in [1.54, 1.807) is 0 Å². The Kier molecular flexibility index (Phi) is 4.16. The molecule has 3 nitrogen and oxygen atoms in total. The van der Waals surface area contributed by atoms with Crippen molar-refractivity contribution < 1.29 is 9.15 Å². The lowest BCUT2D eigenvalue weighted by molar-refractivity contribution is 0.319. The molecule has 0 bridgehead atoms. The lowest BCUT2D eigenvalue weighted by Crippen LogP contribution is -2.03. The number of fused-ring (bicyclic) bond motifs is 1. The number of halogens is 1. The van der Waals surface area contributed by atoms with Crippen LogP contribution in [-0.2, 0) is 6.42 Å². The maximum Gasteiger partial charge on any atom is 0.337 e. The van der Waals surface area contributed by atoms with E-state index >= 15 is 0 Å². The molecule has 0 saturated carbocycles. The van der Waals surface area contributed by atoms with Crippen LogP contribution in [0.25, 0.3) is 11.0 Å². The second-order valence-corrected chi connectivity index (χ2v) is 5.47. The topological polar surface area (TPSA) is 39.4 Å². The number of benzene rings is 2. The van der Waals surface area contributed by atoms with Crippen LogP contribution in [0.3, 0.4) is 0 Å². The standard InChI is InChI=1S/C18H15ClO3/c1-12-16(21-10-9-13-5-3-2-4-6-13)8-7-14-15(19)11-17(20)22-18(12)14/h2-8,11H,9-10H2,1H3. The maximum atomic E-state index is 11.5. The number of rotatable bonds is 4. The molecule has 0 fully saturated rings. The fraction of sp³-hybridized carbons (Fsp3) is 0.167. The van der Waals surface area contributed by atoms with E-state index in [9.17, 15) is 4.79 Å². The van der Waals surface area contributed by atoms with Gasteiger partial charge in [0.2, 0.25) is 0 Å². The van der Waals surface area contributed by atoms with Crippen molar-refractivity contribution in [1.82, 2.24) is 0 Å². The van der Waals surface area contributed by atoms with Crippen molar-refractivity contribution in [2.24, 2.45) is 0 Å². The molecule has 0 atom stereocenters. The lowest BCUT2D eigenvalue weighted by atomic mass is 10.1. The molecule has 3 aromatic rings. The zero-order valence-electron chi connectivity index (χ0n) is 12.1. The van der Waals surface area contributed by atoms with Gasteiger partial charge >= 0.3 is 5.63 Å². The van der Waals surface area contributed by atoms with E-state index < -0.39 is 5.63 Å². The first kappa shape index (κ1) is 14.7. The summed E-state index contributed by atoms with van der Waals surface area (Å²) in [6, 6.07) is 15.1. The van der Waals surface area contributed by atoms with Gasteiger partial charge in [0, 0.05) is 23.4 Å². The fourth-order valence-electron chi connectivity index (χ4n) is 2.38. The van der Waals surface area contributed by atoms with Crippen molar-refractivity contribution in [3.8, 4) is 5.75 Å². The predicted molar refractivity (Wildman–Crippen MR) is 87.9 cm³/mol. The zero-order chi connectivity index (χ0) is 15.5. The van der Waals surface area contributed by atoms with E-state index in [0.717, 1.165) is 12.0 Å². The molecule has 0 N–H and O–H groups in total. The minimum atomic E-state index is -0.456. The van der Waals surface area contributed by atoms with Gasteiger partial charge in [0.25, 0.3) is 0 Å². The predicted octanol–water partition coefficient (Wildman–Crippen LogP) is 4.38. The van der Waals surface area contributed by atoms with Crippen LogP contribution in [0.1, 0.15) is 11.1 Å². The summed E-state index contributed by atoms with van der Waals surface area (Å²) in [4.78, 5) is 11.5. The third kappa shape index (κ3) is 3.00. The summed E-state index contributed by atoms with van der Waals surface area (Å²) >= 11 is 6.07. The Morgan fingerprint density at radius 1 is 1.14 bits per heavy atom. The summed E-state index contributed by atoms with van der Waals surface area (Å²) in [5.41, 5.74) is 2.03. The number of hydrogen-bond acceptors (Lipinski definition) is 3. The van der Waals surface area contributed by atoms with Gasteiger partial charge in [-0.1, -0.05) is 41.9 Å². The van der Waals surface area contributed by atoms with Crippen LogP contribution in [0.2, 0.25) is 5.02 Å². The Morgan fingerprint density at radius 2 is 1.91 bits per heavy atom. The van der Waals surface area contributed by atoms with Crippen molar-refractivity contribution in [1.29, 1.82) is 0 Å². The molecule has 112 valence electrons. The van der Waals surface area contributed by atoms with E-state index in [0.29, 0.717) is 28.3 Å². The summed E-state index contributed by atoms with van der Waals surface area (Å²) < 4.78 is 11.1. The Labute approximate surface area is 133 Å². The highest BCUT2D eigenvalue weighted by Gasteiger charge is 2.10. The molecule has 0 saturated heterocycles. The Bertz CT molecular complexity index is 853. The first-order valence-electron chi connectivity index (χ1n) is 7.05. The highest BCUT2D eigenvalue weighted by Crippen LogP contribution is 2.30. The van der Waals surface area contributed by atoms with Crippen LogP contribution in [-0.4, -0.2) is 6.61 Å². The summed E-state index contributed by atoms with van der Waals surface area (Å²) in [6.07, 6.45) is 0.817. The highest BCUT2D eigenvalue weighted by atomic mass is 35.5. The molecule has 0 radical (unpaired) electrons. The monoisotopic (exact) mass is 314 g/mol. The number of ether oxygens (including phenoxy) is 1. The average Bonchev–Trinajstić information content (AvgIpc) is 2.51. The summed E-state index contributed by atoms with van der Waals surface area (Å²) in [5, 5.41) is 1.11. The van der Waals surface area contributed by atoms with Crippen LogP contribution in [0.15, 0.2) is 57.7 Å². The van der Waals surface area contributed by atoms with E-state index in [1.165, 1.54) is 11.6 Å². The second-order valence-electron chi connectivity index (χ2n) is 5.06. The van der Waals surface area contributed by atoms with E-state index in [4.69, 9.17) is 20.8 Å². The minimum absolute atomic E-state index is 0.394. The first-order valence-corrected chi connectivity index (χ1v) is 7.42. The van der Waals surface area contributed by atoms with Gasteiger partial charge in [-0.05, 0) is 24.6 Å². The zero-order valence-corrected chi connectivity index (χ0v) is 12.9. The van der Waals surface area contributed by atoms with Crippen LogP contribution >= 0.6 is 11.6 Å². The molecule has 0 aliphatic heterocycles. The van der Waals surface area contributed by atoms with Crippen LogP contribution in [0.4, 0.5) is 0 Å². The van der Waals surface area contributed by atoms with Gasteiger partial charge in [0.05, 0.1) is 11.6 Å². The fourth-order valence-corrected chi connectivity index (χ4v) is 2.62. The molecule has 1 heterocycles. The molecular weight excluding hydrogens is 300 g/mol. The third-order valence-electron chi connectivity index (χ3n) is 3.55. The van der Waals surface area contributed by atoms with Crippen molar-refractivity contribution >= 4 is 22.6 Å². The highest BCUT2D eigenvalue weighted by molar-refractivity contribution is 6.35. The SMILES string of the molecule is Cc1c(OCCc2ccccc2)ccc2c(Cl)cc(=O)oc12. The smallest absolute Gasteiger partial charge is 0.337 e. The molecule has 0 spiro atoms. The molecule has 0 aliphatic carbocycles. The van der Waals surface area contributed by atoms with Crippen LogP contribution in [0, 0.1) is 6.92 Å². The van der Waals surface area contributed by atoms with Gasteiger partial charge in [-0.2, -0.15) is 0 Å². The normalized spacial score (nSPS) is 10.8. The molecule has 2 aromatic carbocycles. The van der Waals surface area contributed by atoms with Gasteiger partial charge in [0.15, 0.2) is 0 Å². The lowest BCUT2D eigenvalue weighted by Gasteiger charge is -2.11. The largest absolute Gasteiger partial charge is 0.493 e. The van der Waals surface area contributed by atoms with Crippen molar-refractivity contribution in [3.63, 3.8) is 0 Å². The molecule has 4 heteroatoms. The van der Waals surface area contributed by atoms with E-state index in [-0.39, 0.29) is 0 Å². The molecule has 0 unspecified atom stereocenters. The van der Waals surface area contributed by atoms with Gasteiger partial charge in [-0.15, -0.1) is 0 Å². The van der Waals surface area contributed by atoms with Gasteiger partial charge in [-0.25, -0.2) is 4.79 Å². The molecule has 22 heavy (non-hydrogen) atoms. The maximum absolute atomic E-state index is 11.5. The first-order chi connectivity index (χ1) is 10.6. The van der Waals surface area contributed by atoms with Crippen molar-refractivity contribution in [3.05, 3.63) is 75.1 Å². The van der Waals surface area contributed by atoms with Crippen molar-refractivity contribution in [2.75, 3.05) is 6.61 Å². The number of aryl methyl sites for hydroxylation is 1.